The summed E-state index contributed by atoms with van der Waals surface area (Å²) >= 11 is 1.87. The number of anilines is 4. The molecule has 9 heteroatoms. The van der Waals surface area contributed by atoms with Crippen molar-refractivity contribution in [3.8, 4) is 0 Å². The van der Waals surface area contributed by atoms with Crippen molar-refractivity contribution in [2.24, 2.45) is 0 Å². The fourth-order valence-electron chi connectivity index (χ4n) is 2.86. The average molecular weight is 505 g/mol. The molecule has 1 amide bonds. The van der Waals surface area contributed by atoms with E-state index in [1.54, 1.807) is 18.0 Å². The number of carbonyl (C=O) groups is 1. The number of aromatic nitrogens is 2. The van der Waals surface area contributed by atoms with Gasteiger partial charge in [0.05, 0.1) is 5.56 Å². The second-order valence-electron chi connectivity index (χ2n) is 6.94. The molecule has 0 unspecified atom stereocenters. The highest BCUT2D eigenvalue weighted by molar-refractivity contribution is 14.1. The summed E-state index contributed by atoms with van der Waals surface area (Å²) in [6.45, 7) is 0.770. The Labute approximate surface area is 183 Å². The van der Waals surface area contributed by atoms with E-state index in [4.69, 9.17) is 11.1 Å². The van der Waals surface area contributed by atoms with Crippen LogP contribution in [0.25, 0.3) is 0 Å². The van der Waals surface area contributed by atoms with Gasteiger partial charge in [0.1, 0.15) is 21.7 Å². The van der Waals surface area contributed by atoms with Crippen molar-refractivity contribution in [1.29, 1.82) is 5.41 Å². The first-order valence-corrected chi connectivity index (χ1v) is 10.3. The van der Waals surface area contributed by atoms with Crippen LogP contribution in [0, 0.1) is 5.41 Å². The summed E-state index contributed by atoms with van der Waals surface area (Å²) in [6.07, 6.45) is 7.36. The fraction of sp³-hybridized carbons (Fsp3) is 0.300. The molecule has 29 heavy (non-hydrogen) atoms. The first-order valence-electron chi connectivity index (χ1n) is 9.23. The number of nitrogen functional groups attached to an aromatic ring is 1. The van der Waals surface area contributed by atoms with Crippen LogP contribution in [0.4, 0.5) is 23.0 Å². The molecule has 0 atom stereocenters. The van der Waals surface area contributed by atoms with E-state index in [2.05, 4.69) is 27.2 Å². The maximum absolute atomic E-state index is 12.5. The van der Waals surface area contributed by atoms with Crippen LogP contribution in [0.5, 0.6) is 0 Å². The monoisotopic (exact) mass is 505 g/mol. The number of nitrogens with zero attached hydrogens (tertiary/aromatic N) is 4. The molecule has 152 valence electrons. The third kappa shape index (κ3) is 5.51. The summed E-state index contributed by atoms with van der Waals surface area (Å²) in [5.74, 6) is 0.602. The largest absolute Gasteiger partial charge is 0.383 e. The molecule has 1 aliphatic rings. The van der Waals surface area contributed by atoms with Crippen molar-refractivity contribution < 1.29 is 4.79 Å². The lowest BCUT2D eigenvalue weighted by atomic mass is 10.2. The zero-order valence-corrected chi connectivity index (χ0v) is 18.6. The molecule has 0 aliphatic heterocycles. The molecule has 1 heterocycles. The number of hydrogen-bond acceptors (Lipinski definition) is 7. The molecule has 1 aromatic carbocycles. The molecule has 1 fully saturated rings. The maximum Gasteiger partial charge on any atom is 0.250 e. The Hall–Kier alpha value is -2.53. The van der Waals surface area contributed by atoms with Crippen molar-refractivity contribution in [1.82, 2.24) is 14.9 Å². The van der Waals surface area contributed by atoms with Crippen LogP contribution in [-0.4, -0.2) is 51.2 Å². The van der Waals surface area contributed by atoms with Crippen LogP contribution in [0.15, 0.2) is 42.7 Å². The van der Waals surface area contributed by atoms with Crippen LogP contribution in [0.3, 0.4) is 0 Å². The minimum absolute atomic E-state index is 0.0904. The Morgan fingerprint density at radius 2 is 2.14 bits per heavy atom. The lowest BCUT2D eigenvalue weighted by Crippen LogP contribution is -2.25. The number of nitrogens with one attached hydrogen (secondary N) is 2. The van der Waals surface area contributed by atoms with Crippen molar-refractivity contribution in [2.75, 3.05) is 36.6 Å². The van der Waals surface area contributed by atoms with Crippen LogP contribution in [0.2, 0.25) is 0 Å². The zero-order valence-electron chi connectivity index (χ0n) is 16.4. The Balaban J connectivity index is 1.70. The van der Waals surface area contributed by atoms with Gasteiger partial charge in [-0.1, -0.05) is 12.1 Å². The molecule has 0 saturated heterocycles. The highest BCUT2D eigenvalue weighted by Gasteiger charge is 2.25. The molecule has 1 aliphatic carbocycles. The van der Waals surface area contributed by atoms with Crippen molar-refractivity contribution in [2.45, 2.75) is 18.9 Å². The molecule has 0 radical (unpaired) electrons. The lowest BCUT2D eigenvalue weighted by molar-refractivity contribution is -0.113. The van der Waals surface area contributed by atoms with Gasteiger partial charge in [0.15, 0.2) is 0 Å². The molecular weight excluding hydrogens is 481 g/mol. The number of halogens is 1. The molecule has 1 saturated carbocycles. The van der Waals surface area contributed by atoms with Crippen molar-refractivity contribution in [3.63, 3.8) is 0 Å². The fourth-order valence-corrected chi connectivity index (χ4v) is 3.39. The van der Waals surface area contributed by atoms with Crippen LogP contribution >= 0.6 is 22.6 Å². The number of hydrogen-bond donors (Lipinski definition) is 3. The van der Waals surface area contributed by atoms with E-state index in [1.165, 1.54) is 19.2 Å². The topological polar surface area (TPSA) is 111 Å². The smallest absolute Gasteiger partial charge is 0.250 e. The Kier molecular flexibility index (Phi) is 6.80. The van der Waals surface area contributed by atoms with E-state index >= 15 is 0 Å². The highest BCUT2D eigenvalue weighted by Crippen LogP contribution is 2.27. The van der Waals surface area contributed by atoms with Gasteiger partial charge >= 0.3 is 0 Å². The standard InChI is InChI=1S/C20H24IN7O/c1-27(14-8-9-14)10-4-7-16(29)28(2)15-6-3-5-13(11-15)26-20-17(18(21)22)19(23)24-12-25-20/h3-7,11-12,14,22H,8-10H2,1-2H3,(H3,23,24,25,26)/b7-4+,22-18?. The number of amides is 1. The first-order chi connectivity index (χ1) is 13.9. The minimum Gasteiger partial charge on any atom is -0.383 e. The molecule has 0 bridgehead atoms. The quantitative estimate of drug-likeness (QED) is 0.289. The molecule has 3 rings (SSSR count). The van der Waals surface area contributed by atoms with Gasteiger partial charge in [-0.15, -0.1) is 0 Å². The summed E-state index contributed by atoms with van der Waals surface area (Å²) in [5.41, 5.74) is 7.81. The van der Waals surface area contributed by atoms with E-state index in [-0.39, 0.29) is 15.4 Å². The Bertz CT molecular complexity index is 942. The second-order valence-corrected chi connectivity index (χ2v) is 8.02. The summed E-state index contributed by atoms with van der Waals surface area (Å²) in [7, 11) is 3.82. The molecule has 8 nitrogen and oxygen atoms in total. The number of benzene rings is 1. The average Bonchev–Trinajstić information content (AvgIpc) is 3.52. The van der Waals surface area contributed by atoms with Gasteiger partial charge in [0.2, 0.25) is 5.91 Å². The van der Waals surface area contributed by atoms with E-state index < -0.39 is 0 Å². The first kappa shape index (κ1) is 21.2. The van der Waals surface area contributed by atoms with E-state index in [9.17, 15) is 4.79 Å². The van der Waals surface area contributed by atoms with E-state index in [1.807, 2.05) is 52.9 Å². The number of nitrogens with two attached hydrogens (primary N) is 1. The van der Waals surface area contributed by atoms with Gasteiger partial charge in [-0.2, -0.15) is 0 Å². The van der Waals surface area contributed by atoms with Gasteiger partial charge < -0.3 is 16.0 Å². The summed E-state index contributed by atoms with van der Waals surface area (Å²) in [4.78, 5) is 24.5. The third-order valence-electron chi connectivity index (χ3n) is 4.75. The van der Waals surface area contributed by atoms with Gasteiger partial charge in [-0.25, -0.2) is 9.97 Å². The maximum atomic E-state index is 12.5. The predicted octanol–water partition coefficient (Wildman–Crippen LogP) is 3.18. The van der Waals surface area contributed by atoms with Gasteiger partial charge in [0, 0.05) is 37.1 Å². The number of rotatable bonds is 8. The van der Waals surface area contributed by atoms with E-state index in [0.717, 1.165) is 17.9 Å². The number of carbonyl (C=O) groups excluding carboxylic acids is 1. The summed E-state index contributed by atoms with van der Waals surface area (Å²) in [5, 5.41) is 11.1. The SMILES string of the molecule is CN(C(=O)/C=C/CN(C)C1CC1)c1cccc(Nc2ncnc(N)c2C(=N)I)c1. The Morgan fingerprint density at radius 3 is 2.83 bits per heavy atom. The minimum atomic E-state index is -0.0904. The molecule has 4 N–H and O–H groups in total. The predicted molar refractivity (Wildman–Crippen MR) is 125 cm³/mol. The van der Waals surface area contributed by atoms with E-state index in [0.29, 0.717) is 17.4 Å². The number of likely N-dealkylation sites (N-methyl/N-ethyl adjacent to an activating group) is 2. The van der Waals surface area contributed by atoms with Gasteiger partial charge in [-0.05, 0) is 60.7 Å². The Morgan fingerprint density at radius 1 is 1.38 bits per heavy atom. The highest BCUT2D eigenvalue weighted by atomic mass is 127. The lowest BCUT2D eigenvalue weighted by Gasteiger charge is -2.18. The van der Waals surface area contributed by atoms with Gasteiger partial charge in [-0.3, -0.25) is 15.1 Å². The van der Waals surface area contributed by atoms with Crippen LogP contribution in [-0.2, 0) is 4.79 Å². The second kappa shape index (κ2) is 9.31. The molecule has 0 spiro atoms. The van der Waals surface area contributed by atoms with Crippen LogP contribution in [0.1, 0.15) is 18.4 Å². The zero-order chi connectivity index (χ0) is 21.0. The summed E-state index contributed by atoms with van der Waals surface area (Å²) in [6, 6.07) is 8.09. The third-order valence-corrected chi connectivity index (χ3v) is 5.29. The van der Waals surface area contributed by atoms with Crippen molar-refractivity contribution in [3.05, 3.63) is 48.3 Å². The van der Waals surface area contributed by atoms with Crippen LogP contribution < -0.4 is 16.0 Å². The van der Waals surface area contributed by atoms with Crippen molar-refractivity contribution >= 4 is 55.2 Å². The molecule has 2 aromatic rings. The molecular formula is C20H24IN7O. The van der Waals surface area contributed by atoms with Gasteiger partial charge in [0.25, 0.3) is 0 Å². The molecule has 1 aromatic heterocycles. The normalized spacial score (nSPS) is 13.7. The summed E-state index contributed by atoms with van der Waals surface area (Å²) < 4.78 is 0.243.